The van der Waals surface area contributed by atoms with Gasteiger partial charge in [0.15, 0.2) is 0 Å². The highest BCUT2D eigenvalue weighted by molar-refractivity contribution is 6.30. The molecule has 0 aromatic rings. The monoisotopic (exact) mass is 247 g/mol. The van der Waals surface area contributed by atoms with Crippen molar-refractivity contribution in [1.29, 1.82) is 0 Å². The molecule has 92 valence electrons. The molecule has 1 rings (SSSR count). The van der Waals surface area contributed by atoms with Crippen LogP contribution in [0.1, 0.15) is 20.3 Å². The number of nitrogens with one attached hydrogen (secondary N) is 2. The first kappa shape index (κ1) is 13.1. The second kappa shape index (κ2) is 5.94. The van der Waals surface area contributed by atoms with E-state index in [0.29, 0.717) is 19.6 Å². The molecule has 1 saturated heterocycles. The van der Waals surface area contributed by atoms with E-state index in [1.54, 1.807) is 11.8 Å². The second-order valence-electron chi connectivity index (χ2n) is 3.89. The lowest BCUT2D eigenvalue weighted by Crippen LogP contribution is -2.43. The van der Waals surface area contributed by atoms with Crippen molar-refractivity contribution in [3.63, 3.8) is 0 Å². The molecule has 0 bridgehead atoms. The number of hydrogen-bond acceptors (Lipinski definition) is 2. The van der Waals surface area contributed by atoms with Crippen molar-refractivity contribution in [3.05, 3.63) is 0 Å². The molecule has 5 nitrogen and oxygen atoms in total. The lowest BCUT2D eigenvalue weighted by atomic mass is 10.2. The van der Waals surface area contributed by atoms with Gasteiger partial charge in [0.05, 0.1) is 0 Å². The average Bonchev–Trinajstić information content (AvgIpc) is 2.66. The van der Waals surface area contributed by atoms with Crippen LogP contribution in [0, 0.1) is 0 Å². The average molecular weight is 248 g/mol. The summed E-state index contributed by atoms with van der Waals surface area (Å²) in [4.78, 5) is 24.5. The summed E-state index contributed by atoms with van der Waals surface area (Å²) in [5, 5.41) is 5.02. The molecule has 0 spiro atoms. The van der Waals surface area contributed by atoms with Crippen LogP contribution in [0.2, 0.25) is 0 Å². The number of carbonyl (C=O) groups is 2. The summed E-state index contributed by atoms with van der Waals surface area (Å²) in [6.07, 6.45) is 0.784. The van der Waals surface area contributed by atoms with E-state index in [4.69, 9.17) is 11.6 Å². The number of alkyl halides is 1. The van der Waals surface area contributed by atoms with Gasteiger partial charge >= 0.3 is 6.03 Å². The number of rotatable bonds is 3. The fourth-order valence-electron chi connectivity index (χ4n) is 1.64. The molecule has 2 N–H and O–H groups in total. The Balaban J connectivity index is 2.35. The van der Waals surface area contributed by atoms with Crippen LogP contribution < -0.4 is 10.6 Å². The molecule has 1 heterocycles. The maximum absolute atomic E-state index is 11.5. The van der Waals surface area contributed by atoms with Crippen molar-refractivity contribution in [2.45, 2.75) is 31.7 Å². The van der Waals surface area contributed by atoms with Gasteiger partial charge in [-0.25, -0.2) is 4.79 Å². The fraction of sp³-hybridized carbons (Fsp3) is 0.800. The second-order valence-corrected chi connectivity index (χ2v) is 4.55. The van der Waals surface area contributed by atoms with E-state index in [1.165, 1.54) is 0 Å². The Morgan fingerprint density at radius 1 is 1.56 bits per heavy atom. The van der Waals surface area contributed by atoms with Crippen LogP contribution in [-0.2, 0) is 4.79 Å². The summed E-state index contributed by atoms with van der Waals surface area (Å²) in [7, 11) is 0. The van der Waals surface area contributed by atoms with Gasteiger partial charge in [-0.2, -0.15) is 0 Å². The van der Waals surface area contributed by atoms with Crippen LogP contribution in [0.4, 0.5) is 4.79 Å². The topological polar surface area (TPSA) is 61.4 Å². The summed E-state index contributed by atoms with van der Waals surface area (Å²) in [6, 6.07) is -0.0468. The van der Waals surface area contributed by atoms with Gasteiger partial charge in [-0.15, -0.1) is 11.6 Å². The van der Waals surface area contributed by atoms with Crippen LogP contribution in [0.15, 0.2) is 0 Å². The van der Waals surface area contributed by atoms with Gasteiger partial charge in [0.2, 0.25) is 5.91 Å². The van der Waals surface area contributed by atoms with Crippen molar-refractivity contribution in [1.82, 2.24) is 15.5 Å². The summed E-state index contributed by atoms with van der Waals surface area (Å²) in [5.41, 5.74) is 0. The predicted octanol–water partition coefficient (Wildman–Crippen LogP) is 0.534. The zero-order chi connectivity index (χ0) is 12.1. The first-order valence-electron chi connectivity index (χ1n) is 5.51. The van der Waals surface area contributed by atoms with E-state index in [2.05, 4.69) is 10.6 Å². The quantitative estimate of drug-likeness (QED) is 0.715. The van der Waals surface area contributed by atoms with Crippen LogP contribution in [-0.4, -0.2) is 47.9 Å². The Hall–Kier alpha value is -0.970. The minimum absolute atomic E-state index is 0.0244. The highest BCUT2D eigenvalue weighted by atomic mass is 35.5. The summed E-state index contributed by atoms with van der Waals surface area (Å²) < 4.78 is 0. The largest absolute Gasteiger partial charge is 0.350 e. The van der Waals surface area contributed by atoms with Gasteiger partial charge in [-0.1, -0.05) is 0 Å². The van der Waals surface area contributed by atoms with E-state index >= 15 is 0 Å². The first-order chi connectivity index (χ1) is 7.54. The Morgan fingerprint density at radius 2 is 2.25 bits per heavy atom. The number of urea groups is 1. The van der Waals surface area contributed by atoms with E-state index in [0.717, 1.165) is 6.42 Å². The van der Waals surface area contributed by atoms with Crippen LogP contribution in [0.25, 0.3) is 0 Å². The molecule has 0 aliphatic carbocycles. The van der Waals surface area contributed by atoms with E-state index < -0.39 is 5.38 Å². The standard InChI is InChI=1S/C10H18ClN3O2/c1-3-12-10(16)14-5-4-8(6-14)13-9(15)7(2)11/h7-8H,3-6H2,1-2H3,(H,12,16)(H,13,15). The number of hydrogen-bond donors (Lipinski definition) is 2. The number of likely N-dealkylation sites (tertiary alicyclic amines) is 1. The molecule has 3 amide bonds. The normalized spacial score (nSPS) is 21.7. The molecule has 1 aliphatic heterocycles. The van der Waals surface area contributed by atoms with E-state index in [9.17, 15) is 9.59 Å². The van der Waals surface area contributed by atoms with Crippen LogP contribution >= 0.6 is 11.6 Å². The molecule has 0 aromatic heterocycles. The predicted molar refractivity (Wildman–Crippen MR) is 62.5 cm³/mol. The minimum Gasteiger partial charge on any atom is -0.350 e. The van der Waals surface area contributed by atoms with Gasteiger partial charge in [-0.05, 0) is 20.3 Å². The van der Waals surface area contributed by atoms with Crippen molar-refractivity contribution >= 4 is 23.5 Å². The maximum Gasteiger partial charge on any atom is 0.317 e. The van der Waals surface area contributed by atoms with Crippen LogP contribution in [0.3, 0.4) is 0 Å². The molecular formula is C10H18ClN3O2. The summed E-state index contributed by atoms with van der Waals surface area (Å²) >= 11 is 5.65. The zero-order valence-corrected chi connectivity index (χ0v) is 10.4. The molecule has 0 saturated carbocycles. The first-order valence-corrected chi connectivity index (χ1v) is 5.95. The Bertz CT molecular complexity index is 271. The molecule has 0 radical (unpaired) electrons. The number of nitrogens with zero attached hydrogens (tertiary/aromatic N) is 1. The van der Waals surface area contributed by atoms with Crippen molar-refractivity contribution in [3.8, 4) is 0 Å². The van der Waals surface area contributed by atoms with Gasteiger partial charge in [0, 0.05) is 25.7 Å². The molecule has 2 atom stereocenters. The Labute approximate surface area is 101 Å². The van der Waals surface area contributed by atoms with Gasteiger partial charge < -0.3 is 15.5 Å². The third-order valence-corrected chi connectivity index (χ3v) is 2.71. The van der Waals surface area contributed by atoms with Gasteiger partial charge in [0.1, 0.15) is 5.38 Å². The van der Waals surface area contributed by atoms with Crippen molar-refractivity contribution < 1.29 is 9.59 Å². The SMILES string of the molecule is CCNC(=O)N1CCC(NC(=O)C(C)Cl)C1. The van der Waals surface area contributed by atoms with Crippen LogP contribution in [0.5, 0.6) is 0 Å². The molecule has 2 unspecified atom stereocenters. The maximum atomic E-state index is 11.5. The number of halogens is 1. The minimum atomic E-state index is -0.529. The smallest absolute Gasteiger partial charge is 0.317 e. The Morgan fingerprint density at radius 3 is 2.81 bits per heavy atom. The van der Waals surface area contributed by atoms with Gasteiger partial charge in [-0.3, -0.25) is 4.79 Å². The molecule has 16 heavy (non-hydrogen) atoms. The highest BCUT2D eigenvalue weighted by Crippen LogP contribution is 2.09. The summed E-state index contributed by atoms with van der Waals surface area (Å²) in [5.74, 6) is -0.176. The number of carbonyl (C=O) groups excluding carboxylic acids is 2. The third-order valence-electron chi connectivity index (χ3n) is 2.51. The fourth-order valence-corrected chi connectivity index (χ4v) is 1.70. The summed E-state index contributed by atoms with van der Waals surface area (Å²) in [6.45, 7) is 5.36. The third kappa shape index (κ3) is 3.56. The Kier molecular flexibility index (Phi) is 4.86. The van der Waals surface area contributed by atoms with E-state index in [-0.39, 0.29) is 18.0 Å². The zero-order valence-electron chi connectivity index (χ0n) is 9.62. The van der Waals surface area contributed by atoms with E-state index in [1.807, 2.05) is 6.92 Å². The number of amides is 3. The molecular weight excluding hydrogens is 230 g/mol. The lowest BCUT2D eigenvalue weighted by molar-refractivity contribution is -0.121. The molecule has 0 aromatic carbocycles. The van der Waals surface area contributed by atoms with Gasteiger partial charge in [0.25, 0.3) is 0 Å². The molecule has 1 aliphatic rings. The highest BCUT2D eigenvalue weighted by Gasteiger charge is 2.27. The lowest BCUT2D eigenvalue weighted by Gasteiger charge is -2.17. The van der Waals surface area contributed by atoms with Crippen molar-refractivity contribution in [2.75, 3.05) is 19.6 Å². The van der Waals surface area contributed by atoms with Crippen molar-refractivity contribution in [2.24, 2.45) is 0 Å². The molecule has 6 heteroatoms. The molecule has 1 fully saturated rings.